The Hall–Kier alpha value is -0.910. The van der Waals surface area contributed by atoms with Gasteiger partial charge in [-0.05, 0) is 56.2 Å². The van der Waals surface area contributed by atoms with Gasteiger partial charge in [0.1, 0.15) is 0 Å². The van der Waals surface area contributed by atoms with Gasteiger partial charge >= 0.3 is 0 Å². The molecule has 0 saturated heterocycles. The molecule has 0 spiro atoms. The number of aliphatic hydroxyl groups excluding tert-OH is 1. The molecule has 0 amide bonds. The zero-order valence-corrected chi connectivity index (χ0v) is 20.5. The van der Waals surface area contributed by atoms with E-state index in [2.05, 4.69) is 27.3 Å². The monoisotopic (exact) mass is 538 g/mol. The Morgan fingerprint density at radius 3 is 2.41 bits per heavy atom. The molecule has 0 heterocycles. The molecule has 1 unspecified atom stereocenters. The summed E-state index contributed by atoms with van der Waals surface area (Å²) in [6, 6.07) is 6.98. The van der Waals surface area contributed by atoms with Gasteiger partial charge in [0, 0.05) is 25.7 Å². The highest BCUT2D eigenvalue weighted by molar-refractivity contribution is 14.0. The van der Waals surface area contributed by atoms with Crippen molar-refractivity contribution in [1.29, 1.82) is 0 Å². The number of sulfonamides is 1. The van der Waals surface area contributed by atoms with Gasteiger partial charge in [-0.15, -0.1) is 24.0 Å². The van der Waals surface area contributed by atoms with Gasteiger partial charge in [0.25, 0.3) is 0 Å². The van der Waals surface area contributed by atoms with Gasteiger partial charge in [-0.25, -0.2) is 18.1 Å². The SMILES string of the molecule is CCCC(CCO)CNC(=NCc1ccc(S(=O)(=O)NC2CC2)cc1)NCC.I. The summed E-state index contributed by atoms with van der Waals surface area (Å²) in [5, 5.41) is 15.8. The largest absolute Gasteiger partial charge is 0.396 e. The van der Waals surface area contributed by atoms with Crippen molar-refractivity contribution in [2.45, 2.75) is 63.4 Å². The summed E-state index contributed by atoms with van der Waals surface area (Å²) in [4.78, 5) is 4.89. The Morgan fingerprint density at radius 2 is 1.86 bits per heavy atom. The van der Waals surface area contributed by atoms with E-state index in [0.29, 0.717) is 17.4 Å². The quantitative estimate of drug-likeness (QED) is 0.186. The third-order valence-electron chi connectivity index (χ3n) is 4.69. The second-order valence-corrected chi connectivity index (χ2v) is 9.00. The molecular weight excluding hydrogens is 503 g/mol. The van der Waals surface area contributed by atoms with Gasteiger partial charge in [0.2, 0.25) is 10.0 Å². The molecule has 0 aliphatic heterocycles. The van der Waals surface area contributed by atoms with Crippen LogP contribution < -0.4 is 15.4 Å². The summed E-state index contributed by atoms with van der Waals surface area (Å²) in [6.45, 7) is 6.35. The highest BCUT2D eigenvalue weighted by atomic mass is 127. The highest BCUT2D eigenvalue weighted by Crippen LogP contribution is 2.22. The zero-order chi connectivity index (χ0) is 20.4. The first-order valence-electron chi connectivity index (χ1n) is 10.2. The molecule has 1 saturated carbocycles. The van der Waals surface area contributed by atoms with Crippen LogP contribution in [0.3, 0.4) is 0 Å². The second-order valence-electron chi connectivity index (χ2n) is 7.28. The van der Waals surface area contributed by atoms with E-state index in [1.807, 2.05) is 6.92 Å². The molecule has 0 bridgehead atoms. The number of nitrogens with one attached hydrogen (secondary N) is 3. The Bertz CT molecular complexity index is 716. The van der Waals surface area contributed by atoms with Crippen LogP contribution in [0.25, 0.3) is 0 Å². The van der Waals surface area contributed by atoms with Crippen molar-refractivity contribution in [1.82, 2.24) is 15.4 Å². The van der Waals surface area contributed by atoms with Crippen LogP contribution in [0.5, 0.6) is 0 Å². The molecule has 1 aliphatic rings. The van der Waals surface area contributed by atoms with E-state index in [1.165, 1.54) is 0 Å². The van der Waals surface area contributed by atoms with E-state index in [9.17, 15) is 13.5 Å². The lowest BCUT2D eigenvalue weighted by Crippen LogP contribution is -2.40. The van der Waals surface area contributed by atoms with E-state index >= 15 is 0 Å². The third-order valence-corrected chi connectivity index (χ3v) is 6.23. The van der Waals surface area contributed by atoms with Crippen molar-refractivity contribution >= 4 is 40.0 Å². The first-order chi connectivity index (χ1) is 13.5. The Balaban J connectivity index is 0.00000420. The van der Waals surface area contributed by atoms with Gasteiger partial charge in [-0.2, -0.15) is 0 Å². The average Bonchev–Trinajstić information content (AvgIpc) is 3.48. The van der Waals surface area contributed by atoms with Crippen molar-refractivity contribution in [3.8, 4) is 0 Å². The Labute approximate surface area is 192 Å². The van der Waals surface area contributed by atoms with Crippen LogP contribution in [0.15, 0.2) is 34.2 Å². The molecule has 4 N–H and O–H groups in total. The summed E-state index contributed by atoms with van der Waals surface area (Å²) < 4.78 is 27.1. The second kappa shape index (κ2) is 13.4. The summed E-state index contributed by atoms with van der Waals surface area (Å²) in [5.74, 6) is 1.15. The highest BCUT2D eigenvalue weighted by Gasteiger charge is 2.27. The van der Waals surface area contributed by atoms with Crippen molar-refractivity contribution in [2.75, 3.05) is 19.7 Å². The van der Waals surface area contributed by atoms with Crippen LogP contribution >= 0.6 is 24.0 Å². The number of rotatable bonds is 12. The van der Waals surface area contributed by atoms with Crippen molar-refractivity contribution in [3.05, 3.63) is 29.8 Å². The van der Waals surface area contributed by atoms with E-state index in [4.69, 9.17) is 0 Å². The maximum atomic E-state index is 12.2. The first kappa shape index (κ1) is 26.1. The molecule has 1 aliphatic carbocycles. The Kier molecular flexibility index (Phi) is 12.1. The number of nitrogens with zero attached hydrogens (tertiary/aromatic N) is 1. The molecule has 1 aromatic rings. The molecule has 1 aromatic carbocycles. The normalized spacial score (nSPS) is 15.5. The van der Waals surface area contributed by atoms with E-state index in [1.54, 1.807) is 24.3 Å². The fourth-order valence-corrected chi connectivity index (χ4v) is 4.26. The van der Waals surface area contributed by atoms with Gasteiger partial charge < -0.3 is 15.7 Å². The fourth-order valence-electron chi connectivity index (χ4n) is 2.96. The van der Waals surface area contributed by atoms with Crippen LogP contribution in [0.4, 0.5) is 0 Å². The van der Waals surface area contributed by atoms with Gasteiger partial charge in [-0.3, -0.25) is 0 Å². The molecule has 0 aromatic heterocycles. The number of hydrogen-bond donors (Lipinski definition) is 4. The molecule has 0 radical (unpaired) electrons. The minimum atomic E-state index is -3.41. The summed E-state index contributed by atoms with van der Waals surface area (Å²) in [5.41, 5.74) is 0.947. The molecule has 29 heavy (non-hydrogen) atoms. The van der Waals surface area contributed by atoms with Crippen molar-refractivity contribution < 1.29 is 13.5 Å². The van der Waals surface area contributed by atoms with Crippen LogP contribution in [0, 0.1) is 5.92 Å². The molecule has 166 valence electrons. The predicted octanol–water partition coefficient (Wildman–Crippen LogP) is 2.60. The molecule has 9 heteroatoms. The number of halogens is 1. The molecule has 7 nitrogen and oxygen atoms in total. The van der Waals surface area contributed by atoms with E-state index in [0.717, 1.165) is 56.7 Å². The lowest BCUT2D eigenvalue weighted by Gasteiger charge is -2.18. The van der Waals surface area contributed by atoms with Crippen molar-refractivity contribution in [3.63, 3.8) is 0 Å². The number of guanidine groups is 1. The smallest absolute Gasteiger partial charge is 0.240 e. The van der Waals surface area contributed by atoms with Crippen LogP contribution in [-0.2, 0) is 16.6 Å². The van der Waals surface area contributed by atoms with Crippen LogP contribution in [0.2, 0.25) is 0 Å². The molecule has 2 rings (SSSR count). The minimum absolute atomic E-state index is 0. The maximum absolute atomic E-state index is 12.2. The Morgan fingerprint density at radius 1 is 1.17 bits per heavy atom. The summed E-state index contributed by atoms with van der Waals surface area (Å²) in [7, 11) is -3.41. The fraction of sp³-hybridized carbons (Fsp3) is 0.650. The van der Waals surface area contributed by atoms with Gasteiger partial charge in [0.05, 0.1) is 11.4 Å². The van der Waals surface area contributed by atoms with Crippen LogP contribution in [0.1, 0.15) is 51.5 Å². The number of benzene rings is 1. The number of hydrogen-bond acceptors (Lipinski definition) is 4. The standard InChI is InChI=1S/C20H34N4O3S.HI/c1-3-5-16(12-13-25)14-22-20(21-4-2)23-15-17-6-10-19(11-7-17)28(26,27)24-18-8-9-18;/h6-7,10-11,16,18,24-25H,3-5,8-9,12-15H2,1-2H3,(H2,21,22,23);1H. The van der Waals surface area contributed by atoms with Crippen LogP contribution in [-0.4, -0.2) is 45.2 Å². The lowest BCUT2D eigenvalue weighted by atomic mass is 10.0. The summed E-state index contributed by atoms with van der Waals surface area (Å²) >= 11 is 0. The number of aliphatic imine (C=N–C) groups is 1. The lowest BCUT2D eigenvalue weighted by molar-refractivity contribution is 0.251. The minimum Gasteiger partial charge on any atom is -0.396 e. The maximum Gasteiger partial charge on any atom is 0.240 e. The average molecular weight is 538 g/mol. The molecule has 1 atom stereocenters. The van der Waals surface area contributed by atoms with E-state index < -0.39 is 10.0 Å². The van der Waals surface area contributed by atoms with Gasteiger partial charge in [-0.1, -0.05) is 25.5 Å². The number of aliphatic hydroxyl groups is 1. The zero-order valence-electron chi connectivity index (χ0n) is 17.4. The third kappa shape index (κ3) is 9.63. The van der Waals surface area contributed by atoms with Gasteiger partial charge in [0.15, 0.2) is 5.96 Å². The first-order valence-corrected chi connectivity index (χ1v) is 11.7. The molecular formula is C20H35IN4O3S. The molecule has 1 fully saturated rings. The van der Waals surface area contributed by atoms with Crippen molar-refractivity contribution in [2.24, 2.45) is 10.9 Å². The topological polar surface area (TPSA) is 103 Å². The summed E-state index contributed by atoms with van der Waals surface area (Å²) in [6.07, 6.45) is 4.78. The predicted molar refractivity (Wildman–Crippen MR) is 128 cm³/mol. The van der Waals surface area contributed by atoms with E-state index in [-0.39, 0.29) is 36.6 Å².